The van der Waals surface area contributed by atoms with E-state index in [0.717, 1.165) is 22.4 Å². The predicted octanol–water partition coefficient (Wildman–Crippen LogP) is 4.41. The van der Waals surface area contributed by atoms with Gasteiger partial charge in [0.05, 0.1) is 19.2 Å². The van der Waals surface area contributed by atoms with Gasteiger partial charge in [-0.3, -0.25) is 5.41 Å². The van der Waals surface area contributed by atoms with E-state index in [9.17, 15) is 5.11 Å². The van der Waals surface area contributed by atoms with E-state index in [1.54, 1.807) is 25.6 Å². The van der Waals surface area contributed by atoms with Crippen molar-refractivity contribution in [2.75, 3.05) is 7.11 Å². The number of ether oxygens (including phenoxy) is 2. The number of rotatable bonds is 4. The highest BCUT2D eigenvalue weighted by Gasteiger charge is 2.32. The molecule has 6 nitrogen and oxygen atoms in total. The Bertz CT molecular complexity index is 1300. The van der Waals surface area contributed by atoms with Crippen LogP contribution in [0.4, 0.5) is 0 Å². The van der Waals surface area contributed by atoms with Crippen molar-refractivity contribution in [1.82, 2.24) is 9.55 Å². The van der Waals surface area contributed by atoms with Crippen molar-refractivity contribution in [3.63, 3.8) is 0 Å². The maximum Gasteiger partial charge on any atom is 0.228 e. The van der Waals surface area contributed by atoms with Crippen molar-refractivity contribution >= 4 is 0 Å². The van der Waals surface area contributed by atoms with Gasteiger partial charge in [-0.15, -0.1) is 0 Å². The molecule has 0 fully saturated rings. The predicted molar refractivity (Wildman–Crippen MR) is 116 cm³/mol. The largest absolute Gasteiger partial charge is 0.508 e. The van der Waals surface area contributed by atoms with Crippen molar-refractivity contribution < 1.29 is 14.6 Å². The molecule has 1 aliphatic rings. The van der Waals surface area contributed by atoms with Crippen molar-refractivity contribution in [1.29, 1.82) is 5.41 Å². The molecule has 0 bridgehead atoms. The van der Waals surface area contributed by atoms with Crippen LogP contribution in [0, 0.1) is 5.41 Å². The maximum absolute atomic E-state index is 9.97. The molecule has 3 aromatic carbocycles. The van der Waals surface area contributed by atoms with Crippen molar-refractivity contribution in [2.45, 2.75) is 12.5 Å². The van der Waals surface area contributed by atoms with E-state index >= 15 is 0 Å². The molecule has 0 unspecified atom stereocenters. The average Bonchev–Trinajstić information content (AvgIpc) is 2.80. The molecule has 0 saturated heterocycles. The fourth-order valence-corrected chi connectivity index (χ4v) is 4.00. The lowest BCUT2D eigenvalue weighted by molar-refractivity contribution is 0.412. The quantitative estimate of drug-likeness (QED) is 0.459. The number of aromatic nitrogens is 2. The van der Waals surface area contributed by atoms with Crippen LogP contribution in [-0.2, 0) is 6.54 Å². The van der Waals surface area contributed by atoms with Gasteiger partial charge in [0.2, 0.25) is 5.88 Å². The lowest BCUT2D eigenvalue weighted by atomic mass is 9.84. The van der Waals surface area contributed by atoms with Crippen LogP contribution in [0.3, 0.4) is 0 Å². The molecular weight excluding hydrogens is 390 g/mol. The summed E-state index contributed by atoms with van der Waals surface area (Å²) < 4.78 is 13.1. The van der Waals surface area contributed by atoms with Crippen molar-refractivity contribution in [3.05, 3.63) is 107 Å². The summed E-state index contributed by atoms with van der Waals surface area (Å²) >= 11 is 0. The monoisotopic (exact) mass is 411 g/mol. The first-order valence-corrected chi connectivity index (χ1v) is 9.96. The van der Waals surface area contributed by atoms with Gasteiger partial charge in [-0.2, -0.15) is 0 Å². The van der Waals surface area contributed by atoms with Crippen molar-refractivity contribution in [3.8, 4) is 23.1 Å². The first kappa shape index (κ1) is 18.9. The Morgan fingerprint density at radius 3 is 2.58 bits per heavy atom. The zero-order valence-electron chi connectivity index (χ0n) is 16.9. The second-order valence-electron chi connectivity index (χ2n) is 7.46. The fraction of sp³-hybridized carbons (Fsp3) is 0.120. The molecule has 4 aromatic rings. The Kier molecular flexibility index (Phi) is 4.67. The lowest BCUT2D eigenvalue weighted by Crippen LogP contribution is -2.30. The van der Waals surface area contributed by atoms with Gasteiger partial charge in [0.1, 0.15) is 29.1 Å². The van der Waals surface area contributed by atoms with Gasteiger partial charge < -0.3 is 19.1 Å². The minimum atomic E-state index is -0.256. The van der Waals surface area contributed by atoms with E-state index in [-0.39, 0.29) is 11.7 Å². The molecule has 154 valence electrons. The van der Waals surface area contributed by atoms with E-state index in [4.69, 9.17) is 14.9 Å². The first-order valence-electron chi connectivity index (χ1n) is 9.96. The van der Waals surface area contributed by atoms with Crippen LogP contribution in [0.25, 0.3) is 0 Å². The molecule has 0 amide bonds. The molecular formula is C25H21N3O3. The molecule has 1 aliphatic heterocycles. The van der Waals surface area contributed by atoms with E-state index in [1.165, 1.54) is 0 Å². The zero-order valence-corrected chi connectivity index (χ0v) is 16.9. The van der Waals surface area contributed by atoms with E-state index in [0.29, 0.717) is 29.2 Å². The molecule has 2 N–H and O–H groups in total. The fourth-order valence-electron chi connectivity index (χ4n) is 4.00. The van der Waals surface area contributed by atoms with Crippen molar-refractivity contribution in [2.24, 2.45) is 0 Å². The molecule has 5 rings (SSSR count). The Hall–Kier alpha value is -4.06. The normalized spacial score (nSPS) is 14.3. The zero-order chi connectivity index (χ0) is 21.4. The van der Waals surface area contributed by atoms with Crippen LogP contribution in [0.1, 0.15) is 28.2 Å². The number of fused-ring (bicyclic) bond motifs is 2. The number of hydrogen-bond acceptors (Lipinski definition) is 5. The summed E-state index contributed by atoms with van der Waals surface area (Å²) in [6.45, 7) is 0.539. The summed E-state index contributed by atoms with van der Waals surface area (Å²) in [5.41, 5.74) is 3.99. The highest BCUT2D eigenvalue weighted by molar-refractivity contribution is 5.57. The van der Waals surface area contributed by atoms with E-state index < -0.39 is 0 Å². The minimum Gasteiger partial charge on any atom is -0.508 e. The second kappa shape index (κ2) is 7.65. The van der Waals surface area contributed by atoms with E-state index in [1.807, 2.05) is 65.2 Å². The van der Waals surface area contributed by atoms with Crippen LogP contribution < -0.4 is 15.0 Å². The molecule has 0 aliphatic carbocycles. The number of aromatic hydroxyl groups is 1. The third-order valence-electron chi connectivity index (χ3n) is 5.54. The van der Waals surface area contributed by atoms with Gasteiger partial charge in [0, 0.05) is 17.5 Å². The minimum absolute atomic E-state index is 0.122. The van der Waals surface area contributed by atoms with Gasteiger partial charge in [0.15, 0.2) is 0 Å². The Balaban J connectivity index is 1.68. The highest BCUT2D eigenvalue weighted by atomic mass is 16.5. The van der Waals surface area contributed by atoms with Crippen LogP contribution in [0.15, 0.2) is 79.1 Å². The van der Waals surface area contributed by atoms with Crippen LogP contribution in [0.5, 0.6) is 23.1 Å². The summed E-state index contributed by atoms with van der Waals surface area (Å²) in [5, 5.41) is 19.0. The van der Waals surface area contributed by atoms with Gasteiger partial charge >= 0.3 is 0 Å². The maximum atomic E-state index is 9.97. The molecule has 0 saturated carbocycles. The number of benzene rings is 3. The van der Waals surface area contributed by atoms with Gasteiger partial charge in [-0.1, -0.05) is 48.5 Å². The number of nitrogens with one attached hydrogen (secondary N) is 1. The first-order chi connectivity index (χ1) is 15.1. The third-order valence-corrected chi connectivity index (χ3v) is 5.54. The van der Waals surface area contributed by atoms with Crippen LogP contribution in [-0.4, -0.2) is 21.8 Å². The Morgan fingerprint density at radius 2 is 1.84 bits per heavy atom. The second-order valence-corrected chi connectivity index (χ2v) is 7.46. The molecule has 0 spiro atoms. The van der Waals surface area contributed by atoms with Crippen LogP contribution in [0.2, 0.25) is 0 Å². The smallest absolute Gasteiger partial charge is 0.228 e. The Labute approximate surface area is 179 Å². The third kappa shape index (κ3) is 3.42. The standard InChI is InChI=1S/C25H21N3O3/c1-30-19-10-7-17(8-11-19)22-20-12-9-18(29)13-21(20)31-25-23(22)24(26)28(15-27-25)14-16-5-3-2-4-6-16/h2-13,15,22,26,29H,14H2,1H3/t22-/m0/s1. The summed E-state index contributed by atoms with van der Waals surface area (Å²) in [6, 6.07) is 22.9. The Morgan fingerprint density at radius 1 is 1.06 bits per heavy atom. The van der Waals surface area contributed by atoms with Gasteiger partial charge in [-0.05, 0) is 29.3 Å². The topological polar surface area (TPSA) is 80.4 Å². The summed E-state index contributed by atoms with van der Waals surface area (Å²) in [4.78, 5) is 4.53. The molecule has 1 aromatic heterocycles. The highest BCUT2D eigenvalue weighted by Crippen LogP contribution is 2.46. The summed E-state index contributed by atoms with van der Waals surface area (Å²) in [5.74, 6) is 1.55. The molecule has 31 heavy (non-hydrogen) atoms. The number of hydrogen-bond donors (Lipinski definition) is 2. The number of phenols is 1. The molecule has 2 heterocycles. The molecule has 1 atom stereocenters. The van der Waals surface area contributed by atoms with E-state index in [2.05, 4.69) is 4.98 Å². The lowest BCUT2D eigenvalue weighted by Gasteiger charge is -2.28. The summed E-state index contributed by atoms with van der Waals surface area (Å²) in [7, 11) is 1.63. The SMILES string of the molecule is COc1ccc([C@H]2c3ccc(O)cc3Oc3ncn(Cc4ccccc4)c(=N)c32)cc1. The van der Waals surface area contributed by atoms with Gasteiger partial charge in [-0.25, -0.2) is 4.98 Å². The number of nitrogens with zero attached hydrogens (tertiary/aromatic N) is 2. The number of phenolic OH excluding ortho intramolecular Hbond substituents is 1. The molecule has 0 radical (unpaired) electrons. The average molecular weight is 411 g/mol. The molecule has 6 heteroatoms. The number of methoxy groups -OCH3 is 1. The van der Waals surface area contributed by atoms with Crippen LogP contribution >= 0.6 is 0 Å². The summed E-state index contributed by atoms with van der Waals surface area (Å²) in [6.07, 6.45) is 1.63. The van der Waals surface area contributed by atoms with Gasteiger partial charge in [0.25, 0.3) is 0 Å².